The largest absolute Gasteiger partial charge is 0.416 e. The predicted octanol–water partition coefficient (Wildman–Crippen LogP) is 3.54. The van der Waals surface area contributed by atoms with Gasteiger partial charge in [-0.2, -0.15) is 23.4 Å². The highest BCUT2D eigenvalue weighted by molar-refractivity contribution is 5.61. The molecule has 0 spiro atoms. The van der Waals surface area contributed by atoms with E-state index in [1.807, 2.05) is 43.1 Å². The second-order valence-corrected chi connectivity index (χ2v) is 7.30. The van der Waals surface area contributed by atoms with E-state index in [2.05, 4.69) is 14.9 Å². The van der Waals surface area contributed by atoms with E-state index in [-0.39, 0.29) is 11.6 Å². The summed E-state index contributed by atoms with van der Waals surface area (Å²) in [5.74, 6) is 1.39. The molecule has 1 unspecified atom stereocenters. The van der Waals surface area contributed by atoms with Gasteiger partial charge < -0.3 is 14.7 Å². The van der Waals surface area contributed by atoms with E-state index in [0.29, 0.717) is 24.7 Å². The number of aromatic nitrogens is 2. The van der Waals surface area contributed by atoms with Crippen molar-refractivity contribution in [1.29, 1.82) is 5.26 Å². The minimum atomic E-state index is -4.47. The zero-order chi connectivity index (χ0) is 21.2. The molecule has 3 rings (SSSR count). The molecule has 6 nitrogen and oxygen atoms in total. The van der Waals surface area contributed by atoms with E-state index >= 15 is 0 Å². The van der Waals surface area contributed by atoms with E-state index in [4.69, 9.17) is 0 Å². The molecule has 1 saturated heterocycles. The van der Waals surface area contributed by atoms with Crippen LogP contribution in [0.2, 0.25) is 0 Å². The van der Waals surface area contributed by atoms with E-state index in [9.17, 15) is 18.4 Å². The zero-order valence-electron chi connectivity index (χ0n) is 16.6. The monoisotopic (exact) mass is 404 g/mol. The molecule has 1 atom stereocenters. The zero-order valence-corrected chi connectivity index (χ0v) is 16.6. The Morgan fingerprint density at radius 2 is 1.97 bits per heavy atom. The van der Waals surface area contributed by atoms with Gasteiger partial charge in [-0.1, -0.05) is 0 Å². The van der Waals surface area contributed by atoms with Crippen LogP contribution in [0.3, 0.4) is 0 Å². The normalized spacial score (nSPS) is 17.0. The number of halogens is 3. The molecule has 0 amide bonds. The molecule has 0 saturated carbocycles. The van der Waals surface area contributed by atoms with E-state index < -0.39 is 11.7 Å². The van der Waals surface area contributed by atoms with Crippen molar-refractivity contribution in [3.8, 4) is 6.07 Å². The van der Waals surface area contributed by atoms with Gasteiger partial charge in [0.25, 0.3) is 0 Å². The Bertz CT molecular complexity index is 906. The number of benzene rings is 1. The van der Waals surface area contributed by atoms with Crippen LogP contribution in [0.1, 0.15) is 24.0 Å². The van der Waals surface area contributed by atoms with Gasteiger partial charge in [0.15, 0.2) is 0 Å². The Labute approximate surface area is 168 Å². The first-order valence-corrected chi connectivity index (χ1v) is 9.30. The molecule has 9 heteroatoms. The molecule has 0 bridgehead atoms. The SMILES string of the molecule is CN(C)c1nccc(N(C)C2CCCN(c3ccc(C(F)(F)F)cc3C#N)C2)n1. The summed E-state index contributed by atoms with van der Waals surface area (Å²) in [6.45, 7) is 1.29. The quantitative estimate of drug-likeness (QED) is 0.777. The minimum Gasteiger partial charge on any atom is -0.368 e. The summed E-state index contributed by atoms with van der Waals surface area (Å²) in [6.07, 6.45) is -0.965. The number of piperidine rings is 1. The predicted molar refractivity (Wildman–Crippen MR) is 106 cm³/mol. The molecule has 1 aromatic heterocycles. The number of hydrogen-bond donors (Lipinski definition) is 0. The number of anilines is 3. The minimum absolute atomic E-state index is 0.0417. The molecular weight excluding hydrogens is 381 g/mol. The van der Waals surface area contributed by atoms with Crippen molar-refractivity contribution < 1.29 is 13.2 Å². The van der Waals surface area contributed by atoms with Gasteiger partial charge in [0.2, 0.25) is 5.95 Å². The maximum Gasteiger partial charge on any atom is 0.416 e. The van der Waals surface area contributed by atoms with Gasteiger partial charge >= 0.3 is 6.18 Å². The lowest BCUT2D eigenvalue weighted by atomic mass is 10.0. The molecule has 1 aromatic carbocycles. The maximum atomic E-state index is 13.0. The third kappa shape index (κ3) is 4.53. The number of nitriles is 1. The molecule has 154 valence electrons. The Hall–Kier alpha value is -3.02. The maximum absolute atomic E-state index is 13.0. The molecule has 1 aliphatic heterocycles. The fourth-order valence-corrected chi connectivity index (χ4v) is 3.51. The Morgan fingerprint density at radius 1 is 1.21 bits per heavy atom. The smallest absolute Gasteiger partial charge is 0.368 e. The van der Waals surface area contributed by atoms with Crippen molar-refractivity contribution in [2.45, 2.75) is 25.1 Å². The molecule has 0 aliphatic carbocycles. The van der Waals surface area contributed by atoms with Crippen LogP contribution >= 0.6 is 0 Å². The topological polar surface area (TPSA) is 59.3 Å². The fourth-order valence-electron chi connectivity index (χ4n) is 3.51. The number of rotatable bonds is 4. The van der Waals surface area contributed by atoms with Gasteiger partial charge in [-0.15, -0.1) is 0 Å². The average Bonchev–Trinajstić information content (AvgIpc) is 2.72. The summed E-state index contributed by atoms with van der Waals surface area (Å²) < 4.78 is 38.9. The summed E-state index contributed by atoms with van der Waals surface area (Å²) in [4.78, 5) is 14.7. The van der Waals surface area contributed by atoms with E-state index in [1.54, 1.807) is 6.20 Å². The van der Waals surface area contributed by atoms with Crippen molar-refractivity contribution in [3.63, 3.8) is 0 Å². The van der Waals surface area contributed by atoms with E-state index in [0.717, 1.165) is 30.8 Å². The average molecular weight is 404 g/mol. The standard InChI is InChI=1S/C20H23F3N6/c1-27(2)19-25-9-8-18(26-19)28(3)16-5-4-10-29(13-16)17-7-6-15(20(21,22)23)11-14(17)12-24/h6-9,11,16H,4-5,10,13H2,1-3H3. The highest BCUT2D eigenvalue weighted by atomic mass is 19.4. The molecular formula is C20H23F3N6. The van der Waals surface area contributed by atoms with Crippen LogP contribution in [0.15, 0.2) is 30.5 Å². The molecule has 1 fully saturated rings. The number of hydrogen-bond acceptors (Lipinski definition) is 6. The molecule has 29 heavy (non-hydrogen) atoms. The molecule has 2 heterocycles. The van der Waals surface area contributed by atoms with Crippen molar-refractivity contribution in [3.05, 3.63) is 41.6 Å². The first kappa shape index (κ1) is 20.7. The molecule has 0 radical (unpaired) electrons. The Morgan fingerprint density at radius 3 is 2.62 bits per heavy atom. The molecule has 1 aliphatic rings. The van der Waals surface area contributed by atoms with E-state index in [1.165, 1.54) is 6.07 Å². The lowest BCUT2D eigenvalue weighted by Crippen LogP contribution is -2.47. The van der Waals surface area contributed by atoms with Crippen LogP contribution in [0, 0.1) is 11.3 Å². The first-order valence-electron chi connectivity index (χ1n) is 9.30. The second-order valence-electron chi connectivity index (χ2n) is 7.30. The summed E-state index contributed by atoms with van der Waals surface area (Å²) in [7, 11) is 5.69. The lowest BCUT2D eigenvalue weighted by molar-refractivity contribution is -0.137. The third-order valence-corrected chi connectivity index (χ3v) is 5.12. The summed E-state index contributed by atoms with van der Waals surface area (Å²) in [6, 6.07) is 7.24. The van der Waals surface area contributed by atoms with Crippen LogP contribution in [-0.4, -0.2) is 50.2 Å². The van der Waals surface area contributed by atoms with Crippen LogP contribution in [-0.2, 0) is 6.18 Å². The van der Waals surface area contributed by atoms with Crippen LogP contribution in [0.25, 0.3) is 0 Å². The van der Waals surface area contributed by atoms with Crippen molar-refractivity contribution in [2.24, 2.45) is 0 Å². The molecule has 0 N–H and O–H groups in total. The van der Waals surface area contributed by atoms with Gasteiger partial charge in [-0.05, 0) is 37.1 Å². The van der Waals surface area contributed by atoms with Crippen molar-refractivity contribution in [2.75, 3.05) is 48.9 Å². The number of nitrogens with zero attached hydrogens (tertiary/aromatic N) is 6. The highest BCUT2D eigenvalue weighted by Gasteiger charge is 2.32. The molecule has 2 aromatic rings. The van der Waals surface area contributed by atoms with Gasteiger partial charge in [0, 0.05) is 46.5 Å². The highest BCUT2D eigenvalue weighted by Crippen LogP contribution is 2.34. The van der Waals surface area contributed by atoms with Crippen molar-refractivity contribution in [1.82, 2.24) is 9.97 Å². The number of likely N-dealkylation sites (N-methyl/N-ethyl adjacent to an activating group) is 1. The second kappa shape index (κ2) is 8.15. The van der Waals surface area contributed by atoms with Gasteiger partial charge in [-0.25, -0.2) is 4.98 Å². The number of alkyl halides is 3. The summed E-state index contributed by atoms with van der Waals surface area (Å²) >= 11 is 0. The van der Waals surface area contributed by atoms with Gasteiger partial charge in [0.05, 0.1) is 16.8 Å². The Kier molecular flexibility index (Phi) is 5.82. The summed E-state index contributed by atoms with van der Waals surface area (Å²) in [5.41, 5.74) is -0.226. The van der Waals surface area contributed by atoms with Crippen molar-refractivity contribution >= 4 is 17.5 Å². The van der Waals surface area contributed by atoms with Crippen LogP contribution in [0.5, 0.6) is 0 Å². The first-order chi connectivity index (χ1) is 13.7. The summed E-state index contributed by atoms with van der Waals surface area (Å²) in [5, 5.41) is 9.40. The fraction of sp³-hybridized carbons (Fsp3) is 0.450. The van der Waals surface area contributed by atoms with Crippen LogP contribution in [0.4, 0.5) is 30.6 Å². The lowest BCUT2D eigenvalue weighted by Gasteiger charge is -2.39. The van der Waals surface area contributed by atoms with Gasteiger partial charge in [-0.3, -0.25) is 0 Å². The third-order valence-electron chi connectivity index (χ3n) is 5.12. The Balaban J connectivity index is 1.82. The van der Waals surface area contributed by atoms with Gasteiger partial charge in [0.1, 0.15) is 11.9 Å². The van der Waals surface area contributed by atoms with Crippen LogP contribution < -0.4 is 14.7 Å².